The van der Waals surface area contributed by atoms with E-state index >= 15 is 0 Å². The Hall–Kier alpha value is -1.60. The summed E-state index contributed by atoms with van der Waals surface area (Å²) in [5.41, 5.74) is 1.05. The average Bonchev–Trinajstić information content (AvgIpc) is 3.06. The van der Waals surface area contributed by atoms with Crippen LogP contribution in [-0.2, 0) is 10.3 Å². The second kappa shape index (κ2) is 5.24. The number of thioether (sulfide) groups is 1. The summed E-state index contributed by atoms with van der Waals surface area (Å²) in [4.78, 5) is 19.2. The molecule has 3 heterocycles. The number of methoxy groups -OCH3 is 1. The van der Waals surface area contributed by atoms with Crippen LogP contribution in [0.5, 0.6) is 0 Å². The van der Waals surface area contributed by atoms with Gasteiger partial charge < -0.3 is 14.2 Å². The van der Waals surface area contributed by atoms with Crippen molar-refractivity contribution < 1.29 is 9.26 Å². The number of nitrogens with zero attached hydrogens (tertiary/aromatic N) is 2. The van der Waals surface area contributed by atoms with Gasteiger partial charge in [0.1, 0.15) is 5.60 Å². The molecule has 1 atom stereocenters. The van der Waals surface area contributed by atoms with E-state index in [0.29, 0.717) is 23.2 Å². The van der Waals surface area contributed by atoms with Crippen molar-refractivity contribution in [3.8, 4) is 11.5 Å². The van der Waals surface area contributed by atoms with Gasteiger partial charge in [0.15, 0.2) is 0 Å². The lowest BCUT2D eigenvalue weighted by molar-refractivity contribution is -0.000226. The van der Waals surface area contributed by atoms with Crippen LogP contribution in [-0.4, -0.2) is 33.7 Å². The predicted molar refractivity (Wildman–Crippen MR) is 83.0 cm³/mol. The van der Waals surface area contributed by atoms with Crippen LogP contribution in [0.2, 0.25) is 0 Å². The molecule has 2 aliphatic rings. The first kappa shape index (κ1) is 14.0. The topological polar surface area (TPSA) is 81.0 Å². The van der Waals surface area contributed by atoms with Gasteiger partial charge in [-0.25, -0.2) is 0 Å². The summed E-state index contributed by atoms with van der Waals surface area (Å²) in [5.74, 6) is 3.27. The highest BCUT2D eigenvalue weighted by molar-refractivity contribution is 7.99. The average molecular weight is 319 g/mol. The monoisotopic (exact) mass is 319 g/mol. The van der Waals surface area contributed by atoms with Crippen molar-refractivity contribution in [2.24, 2.45) is 0 Å². The van der Waals surface area contributed by atoms with Crippen molar-refractivity contribution in [2.75, 3.05) is 18.6 Å². The Kier molecular flexibility index (Phi) is 3.34. The van der Waals surface area contributed by atoms with Crippen LogP contribution in [0.4, 0.5) is 0 Å². The molecule has 1 aliphatic heterocycles. The lowest BCUT2D eigenvalue weighted by Gasteiger charge is -2.21. The van der Waals surface area contributed by atoms with Crippen molar-refractivity contribution in [1.29, 1.82) is 0 Å². The molecule has 2 aromatic rings. The lowest BCUT2D eigenvalue weighted by atomic mass is 10.0. The molecule has 0 aromatic carbocycles. The van der Waals surface area contributed by atoms with E-state index in [1.54, 1.807) is 7.11 Å². The maximum Gasteiger partial charge on any atom is 0.258 e. The van der Waals surface area contributed by atoms with Gasteiger partial charge in [-0.3, -0.25) is 4.79 Å². The highest BCUT2D eigenvalue weighted by Gasteiger charge is 2.41. The first-order chi connectivity index (χ1) is 10.7. The van der Waals surface area contributed by atoms with Gasteiger partial charge in [0.25, 0.3) is 5.89 Å². The van der Waals surface area contributed by atoms with Gasteiger partial charge in [-0.1, -0.05) is 5.16 Å². The van der Waals surface area contributed by atoms with Crippen LogP contribution in [0.25, 0.3) is 11.5 Å². The molecule has 7 heteroatoms. The fourth-order valence-corrected chi connectivity index (χ4v) is 4.14. The summed E-state index contributed by atoms with van der Waals surface area (Å²) in [5, 5.41) is 4.10. The third-order valence-electron chi connectivity index (χ3n) is 4.34. The van der Waals surface area contributed by atoms with E-state index in [4.69, 9.17) is 9.26 Å². The van der Waals surface area contributed by atoms with E-state index in [1.807, 2.05) is 17.8 Å². The molecule has 1 N–H and O–H groups in total. The fraction of sp³-hybridized carbons (Fsp3) is 0.533. The summed E-state index contributed by atoms with van der Waals surface area (Å²) in [6, 6.07) is 3.45. The molecule has 1 unspecified atom stereocenters. The quantitative estimate of drug-likeness (QED) is 0.931. The van der Waals surface area contributed by atoms with Gasteiger partial charge in [-0.2, -0.15) is 16.7 Å². The summed E-state index contributed by atoms with van der Waals surface area (Å²) in [6.07, 6.45) is 3.12. The van der Waals surface area contributed by atoms with Gasteiger partial charge >= 0.3 is 0 Å². The minimum absolute atomic E-state index is 0.128. The van der Waals surface area contributed by atoms with Crippen molar-refractivity contribution in [2.45, 2.75) is 30.8 Å². The number of pyridine rings is 1. The van der Waals surface area contributed by atoms with Gasteiger partial charge in [-0.05, 0) is 37.0 Å². The molecule has 4 rings (SSSR count). The van der Waals surface area contributed by atoms with Crippen LogP contribution in [0.1, 0.15) is 36.7 Å². The molecule has 0 amide bonds. The zero-order chi connectivity index (χ0) is 15.2. The number of aromatic amines is 1. The molecular weight excluding hydrogens is 302 g/mol. The Morgan fingerprint density at radius 2 is 2.32 bits per heavy atom. The van der Waals surface area contributed by atoms with E-state index < -0.39 is 5.60 Å². The molecule has 1 saturated heterocycles. The second-order valence-corrected chi connectivity index (χ2v) is 6.99. The van der Waals surface area contributed by atoms with Crippen LogP contribution >= 0.6 is 11.8 Å². The minimum Gasteiger partial charge on any atom is -0.369 e. The predicted octanol–water partition coefficient (Wildman–Crippen LogP) is 2.28. The van der Waals surface area contributed by atoms with Crippen molar-refractivity contribution in [3.05, 3.63) is 34.0 Å². The summed E-state index contributed by atoms with van der Waals surface area (Å²) >= 11 is 1.82. The first-order valence-corrected chi connectivity index (χ1v) is 8.57. The summed E-state index contributed by atoms with van der Waals surface area (Å²) in [7, 11) is 1.68. The maximum absolute atomic E-state index is 11.8. The smallest absolute Gasteiger partial charge is 0.258 e. The zero-order valence-corrected chi connectivity index (χ0v) is 13.1. The maximum atomic E-state index is 11.8. The number of ether oxygens (including phenoxy) is 1. The molecule has 2 fully saturated rings. The summed E-state index contributed by atoms with van der Waals surface area (Å²) in [6.45, 7) is 0. The Morgan fingerprint density at radius 3 is 3.00 bits per heavy atom. The van der Waals surface area contributed by atoms with Crippen LogP contribution in [0.15, 0.2) is 21.5 Å². The largest absolute Gasteiger partial charge is 0.369 e. The molecule has 1 saturated carbocycles. The van der Waals surface area contributed by atoms with Gasteiger partial charge in [0.2, 0.25) is 11.4 Å². The molecule has 0 radical (unpaired) electrons. The van der Waals surface area contributed by atoms with Gasteiger partial charge in [0.05, 0.1) is 0 Å². The van der Waals surface area contributed by atoms with E-state index in [2.05, 4.69) is 15.1 Å². The molecule has 22 heavy (non-hydrogen) atoms. The normalized spacial score (nSPS) is 24.8. The standard InChI is InChI=1S/C15H17N3O3S/c1-20-15(4-5-22-8-15)14-17-13(21-18-14)10-6-11(9-2-3-9)16-12(19)7-10/h6-7,9H,2-5,8H2,1H3,(H,16,19). The molecule has 116 valence electrons. The Balaban J connectivity index is 1.71. The Bertz CT molecular complexity index is 744. The highest BCUT2D eigenvalue weighted by atomic mass is 32.2. The molecule has 6 nitrogen and oxygen atoms in total. The first-order valence-electron chi connectivity index (χ1n) is 7.42. The Morgan fingerprint density at radius 1 is 1.45 bits per heavy atom. The van der Waals surface area contributed by atoms with Gasteiger partial charge in [0, 0.05) is 30.2 Å². The van der Waals surface area contributed by atoms with Crippen LogP contribution < -0.4 is 5.56 Å². The van der Waals surface area contributed by atoms with E-state index in [9.17, 15) is 4.79 Å². The van der Waals surface area contributed by atoms with Crippen LogP contribution in [0, 0.1) is 0 Å². The molecule has 2 aromatic heterocycles. The van der Waals surface area contributed by atoms with Crippen molar-refractivity contribution in [3.63, 3.8) is 0 Å². The number of rotatable bonds is 4. The van der Waals surface area contributed by atoms with Gasteiger partial charge in [-0.15, -0.1) is 0 Å². The Labute approximate surface area is 131 Å². The highest BCUT2D eigenvalue weighted by Crippen LogP contribution is 2.40. The lowest BCUT2D eigenvalue weighted by Crippen LogP contribution is -2.29. The second-order valence-electron chi connectivity index (χ2n) is 5.89. The third-order valence-corrected chi connectivity index (χ3v) is 5.50. The molecular formula is C15H17N3O3S. The zero-order valence-electron chi connectivity index (χ0n) is 12.3. The number of nitrogens with one attached hydrogen (secondary N) is 1. The van der Waals surface area contributed by atoms with E-state index in [0.717, 1.165) is 36.5 Å². The summed E-state index contributed by atoms with van der Waals surface area (Å²) < 4.78 is 11.1. The van der Waals surface area contributed by atoms with E-state index in [1.165, 1.54) is 6.07 Å². The molecule has 1 aliphatic carbocycles. The number of H-pyrrole nitrogens is 1. The minimum atomic E-state index is -0.465. The van der Waals surface area contributed by atoms with Crippen LogP contribution in [0.3, 0.4) is 0 Å². The molecule has 0 spiro atoms. The van der Waals surface area contributed by atoms with Crippen molar-refractivity contribution in [1.82, 2.24) is 15.1 Å². The SMILES string of the molecule is COC1(c2noc(-c3cc(C4CC4)[nH]c(=O)c3)n2)CCSC1. The third kappa shape index (κ3) is 2.38. The number of hydrogen-bond donors (Lipinski definition) is 1. The fourth-order valence-electron chi connectivity index (χ4n) is 2.80. The number of hydrogen-bond acceptors (Lipinski definition) is 6. The van der Waals surface area contributed by atoms with Crippen molar-refractivity contribution >= 4 is 11.8 Å². The number of aromatic nitrogens is 3. The van der Waals surface area contributed by atoms with E-state index in [-0.39, 0.29) is 5.56 Å². The molecule has 0 bridgehead atoms.